The lowest BCUT2D eigenvalue weighted by molar-refractivity contribution is 0.0526. The second kappa shape index (κ2) is 9.46. The second-order valence-electron chi connectivity index (χ2n) is 7.78. The van der Waals surface area contributed by atoms with E-state index in [0.717, 1.165) is 0 Å². The molecular formula is C27H20O9. The van der Waals surface area contributed by atoms with Crippen molar-refractivity contribution in [2.24, 2.45) is 0 Å². The van der Waals surface area contributed by atoms with E-state index in [1.807, 2.05) is 0 Å². The Bertz CT molecular complexity index is 1530. The van der Waals surface area contributed by atoms with Crippen molar-refractivity contribution in [2.45, 2.75) is 13.8 Å². The van der Waals surface area contributed by atoms with Gasteiger partial charge in [0.15, 0.2) is 11.5 Å². The molecule has 0 saturated carbocycles. The SMILES string of the molecule is CCOC(=O)c1ccc(Oc2c(C)oc3cc(OC(=O)c4ccc5c(c4)OCO5)ccc3c2=O)cc1. The minimum atomic E-state index is -0.599. The van der Waals surface area contributed by atoms with E-state index in [1.165, 1.54) is 18.2 Å². The van der Waals surface area contributed by atoms with Crippen LogP contribution in [0.15, 0.2) is 69.9 Å². The van der Waals surface area contributed by atoms with Gasteiger partial charge < -0.3 is 28.1 Å². The maximum absolute atomic E-state index is 13.1. The first kappa shape index (κ1) is 23.0. The van der Waals surface area contributed by atoms with Crippen molar-refractivity contribution in [1.82, 2.24) is 0 Å². The lowest BCUT2D eigenvalue weighted by Gasteiger charge is -2.10. The highest BCUT2D eigenvalue weighted by molar-refractivity contribution is 5.92. The van der Waals surface area contributed by atoms with E-state index in [4.69, 9.17) is 28.1 Å². The summed E-state index contributed by atoms with van der Waals surface area (Å²) in [6, 6.07) is 15.4. The molecule has 2 heterocycles. The van der Waals surface area contributed by atoms with E-state index in [9.17, 15) is 14.4 Å². The van der Waals surface area contributed by atoms with E-state index < -0.39 is 17.4 Å². The molecule has 0 radical (unpaired) electrons. The largest absolute Gasteiger partial charge is 0.462 e. The third-order valence-corrected chi connectivity index (χ3v) is 5.39. The molecule has 1 aliphatic rings. The highest BCUT2D eigenvalue weighted by Crippen LogP contribution is 2.33. The first-order valence-electron chi connectivity index (χ1n) is 11.1. The van der Waals surface area contributed by atoms with Crippen LogP contribution in [0.2, 0.25) is 0 Å². The number of aryl methyl sites for hydroxylation is 1. The molecule has 0 spiro atoms. The molecule has 9 heteroatoms. The summed E-state index contributed by atoms with van der Waals surface area (Å²) in [5, 5.41) is 0.252. The molecule has 0 N–H and O–H groups in total. The van der Waals surface area contributed by atoms with Crippen molar-refractivity contribution in [3.05, 3.63) is 87.8 Å². The molecule has 1 aliphatic heterocycles. The second-order valence-corrected chi connectivity index (χ2v) is 7.78. The van der Waals surface area contributed by atoms with E-state index >= 15 is 0 Å². The molecule has 0 aliphatic carbocycles. The molecule has 0 bridgehead atoms. The lowest BCUT2D eigenvalue weighted by atomic mass is 10.2. The van der Waals surface area contributed by atoms with Crippen LogP contribution < -0.4 is 24.4 Å². The molecular weight excluding hydrogens is 468 g/mol. The normalized spacial score (nSPS) is 11.8. The molecule has 182 valence electrons. The summed E-state index contributed by atoms with van der Waals surface area (Å²) < 4.78 is 32.5. The topological polar surface area (TPSA) is 110 Å². The smallest absolute Gasteiger partial charge is 0.343 e. The Labute approximate surface area is 204 Å². The molecule has 5 rings (SSSR count). The molecule has 36 heavy (non-hydrogen) atoms. The predicted molar refractivity (Wildman–Crippen MR) is 127 cm³/mol. The van der Waals surface area contributed by atoms with Crippen LogP contribution in [-0.2, 0) is 4.74 Å². The van der Waals surface area contributed by atoms with Crippen LogP contribution in [0.3, 0.4) is 0 Å². The average molecular weight is 488 g/mol. The zero-order chi connectivity index (χ0) is 25.2. The maximum atomic E-state index is 13.1. The van der Waals surface area contributed by atoms with Gasteiger partial charge in [-0.1, -0.05) is 0 Å². The Morgan fingerprint density at radius 3 is 2.36 bits per heavy atom. The van der Waals surface area contributed by atoms with Gasteiger partial charge in [-0.15, -0.1) is 0 Å². The molecule has 0 saturated heterocycles. The van der Waals surface area contributed by atoms with Gasteiger partial charge in [0.05, 0.1) is 23.1 Å². The van der Waals surface area contributed by atoms with Gasteiger partial charge in [-0.2, -0.15) is 0 Å². The van der Waals surface area contributed by atoms with Crippen molar-refractivity contribution in [3.8, 4) is 28.7 Å². The Morgan fingerprint density at radius 1 is 0.861 bits per heavy atom. The summed E-state index contributed by atoms with van der Waals surface area (Å²) in [7, 11) is 0. The van der Waals surface area contributed by atoms with Gasteiger partial charge in [0.25, 0.3) is 0 Å². The number of carbonyl (C=O) groups is 2. The summed E-state index contributed by atoms with van der Waals surface area (Å²) in [6.45, 7) is 3.69. The molecule has 4 aromatic rings. The lowest BCUT2D eigenvalue weighted by Crippen LogP contribution is -2.10. The van der Waals surface area contributed by atoms with Crippen LogP contribution in [0.4, 0.5) is 0 Å². The summed E-state index contributed by atoms with van der Waals surface area (Å²) in [5.41, 5.74) is 0.499. The van der Waals surface area contributed by atoms with Gasteiger partial charge in [-0.05, 0) is 68.4 Å². The Balaban J connectivity index is 1.36. The zero-order valence-corrected chi connectivity index (χ0v) is 19.4. The summed E-state index contributed by atoms with van der Waals surface area (Å²) in [6.07, 6.45) is 0. The van der Waals surface area contributed by atoms with E-state index in [2.05, 4.69) is 0 Å². The minimum Gasteiger partial charge on any atom is -0.462 e. The predicted octanol–water partition coefficient (Wildman–Crippen LogP) is 5.02. The number of benzene rings is 3. The van der Waals surface area contributed by atoms with Gasteiger partial charge in [0.2, 0.25) is 18.0 Å². The van der Waals surface area contributed by atoms with Gasteiger partial charge in [-0.3, -0.25) is 4.79 Å². The maximum Gasteiger partial charge on any atom is 0.343 e. The van der Waals surface area contributed by atoms with E-state index in [1.54, 1.807) is 56.3 Å². The zero-order valence-electron chi connectivity index (χ0n) is 19.4. The van der Waals surface area contributed by atoms with Gasteiger partial charge in [-0.25, -0.2) is 9.59 Å². The summed E-state index contributed by atoms with van der Waals surface area (Å²) >= 11 is 0. The molecule has 0 atom stereocenters. The van der Waals surface area contributed by atoms with Gasteiger partial charge >= 0.3 is 11.9 Å². The van der Waals surface area contributed by atoms with Crippen molar-refractivity contribution < 1.29 is 37.7 Å². The van der Waals surface area contributed by atoms with Crippen LogP contribution in [0.5, 0.6) is 28.7 Å². The van der Waals surface area contributed by atoms with Crippen LogP contribution in [0.25, 0.3) is 11.0 Å². The number of hydrogen-bond donors (Lipinski definition) is 0. The Morgan fingerprint density at radius 2 is 1.58 bits per heavy atom. The highest BCUT2D eigenvalue weighted by Gasteiger charge is 2.19. The number of fused-ring (bicyclic) bond motifs is 2. The molecule has 0 amide bonds. The van der Waals surface area contributed by atoms with Crippen LogP contribution in [0, 0.1) is 6.92 Å². The quantitative estimate of drug-likeness (QED) is 0.273. The number of hydrogen-bond acceptors (Lipinski definition) is 9. The van der Waals surface area contributed by atoms with E-state index in [-0.39, 0.29) is 47.2 Å². The number of esters is 2. The average Bonchev–Trinajstić information content (AvgIpc) is 3.35. The molecule has 9 nitrogen and oxygen atoms in total. The van der Waals surface area contributed by atoms with Crippen LogP contribution >= 0.6 is 0 Å². The fourth-order valence-corrected chi connectivity index (χ4v) is 3.63. The third-order valence-electron chi connectivity index (χ3n) is 5.39. The minimum absolute atomic E-state index is 0.0106. The summed E-state index contributed by atoms with van der Waals surface area (Å²) in [4.78, 5) is 37.5. The number of ether oxygens (including phenoxy) is 5. The van der Waals surface area contributed by atoms with Gasteiger partial charge in [0, 0.05) is 6.07 Å². The molecule has 0 unspecified atom stereocenters. The standard InChI is InChI=1S/C27H20O9/c1-3-31-26(29)16-4-7-18(8-5-16)35-25-15(2)34-22-13-19(9-10-20(22)24(25)28)36-27(30)17-6-11-21-23(12-17)33-14-32-21/h4-13H,3,14H2,1-2H3. The fraction of sp³-hybridized carbons (Fsp3) is 0.148. The Hall–Kier alpha value is -4.79. The van der Waals surface area contributed by atoms with Crippen LogP contribution in [-0.4, -0.2) is 25.3 Å². The third kappa shape index (κ3) is 4.46. The Kier molecular flexibility index (Phi) is 6.03. The monoisotopic (exact) mass is 488 g/mol. The molecule has 3 aromatic carbocycles. The number of carbonyl (C=O) groups excluding carboxylic acids is 2. The van der Waals surface area contributed by atoms with E-state index in [0.29, 0.717) is 22.8 Å². The van der Waals surface area contributed by atoms with Crippen molar-refractivity contribution >= 4 is 22.9 Å². The fourth-order valence-electron chi connectivity index (χ4n) is 3.63. The van der Waals surface area contributed by atoms with Crippen molar-refractivity contribution in [2.75, 3.05) is 13.4 Å². The number of rotatable bonds is 6. The van der Waals surface area contributed by atoms with Gasteiger partial charge in [0.1, 0.15) is 22.8 Å². The van der Waals surface area contributed by atoms with Crippen molar-refractivity contribution in [3.63, 3.8) is 0 Å². The summed E-state index contributed by atoms with van der Waals surface area (Å²) in [5.74, 6) is 0.786. The molecule has 0 fully saturated rings. The first-order chi connectivity index (χ1) is 17.4. The highest BCUT2D eigenvalue weighted by atomic mass is 16.7. The molecule has 1 aromatic heterocycles. The van der Waals surface area contributed by atoms with Crippen LogP contribution in [0.1, 0.15) is 33.4 Å². The van der Waals surface area contributed by atoms with Crippen molar-refractivity contribution in [1.29, 1.82) is 0 Å². The first-order valence-corrected chi connectivity index (χ1v) is 11.1.